The Morgan fingerprint density at radius 3 is 2.72 bits per heavy atom. The van der Waals surface area contributed by atoms with Gasteiger partial charge in [0.25, 0.3) is 5.91 Å². The van der Waals surface area contributed by atoms with Crippen molar-refractivity contribution < 1.29 is 4.79 Å². The maximum atomic E-state index is 12.8. The highest BCUT2D eigenvalue weighted by Gasteiger charge is 2.23. The van der Waals surface area contributed by atoms with Crippen LogP contribution in [0, 0.1) is 11.3 Å². The predicted octanol–water partition coefficient (Wildman–Crippen LogP) is 3.66. The van der Waals surface area contributed by atoms with Gasteiger partial charge in [-0.15, -0.1) is 0 Å². The maximum Gasteiger partial charge on any atom is 0.264 e. The third-order valence-corrected chi connectivity index (χ3v) is 4.69. The number of fused-ring (bicyclic) bond motifs is 2. The van der Waals surface area contributed by atoms with Crippen LogP contribution >= 0.6 is 0 Å². The number of amides is 1. The highest BCUT2D eigenvalue weighted by atomic mass is 16.2. The monoisotopic (exact) mass is 327 g/mol. The summed E-state index contributed by atoms with van der Waals surface area (Å²) in [6.07, 6.45) is 4.34. The van der Waals surface area contributed by atoms with Crippen molar-refractivity contribution >= 4 is 22.9 Å². The third kappa shape index (κ3) is 2.81. The molecule has 0 saturated carbocycles. The molecule has 0 aliphatic carbocycles. The summed E-state index contributed by atoms with van der Waals surface area (Å²) in [6.45, 7) is 1.20. The number of hydrogen-bond donors (Lipinski definition) is 1. The van der Waals surface area contributed by atoms with Crippen molar-refractivity contribution in [2.45, 2.75) is 13.0 Å². The van der Waals surface area contributed by atoms with Gasteiger partial charge in [0.15, 0.2) is 0 Å². The average molecular weight is 327 g/mol. The van der Waals surface area contributed by atoms with Crippen LogP contribution in [0.25, 0.3) is 17.0 Å². The van der Waals surface area contributed by atoms with Crippen LogP contribution in [0.2, 0.25) is 0 Å². The largest absolute Gasteiger partial charge is 0.361 e. The Morgan fingerprint density at radius 1 is 1.12 bits per heavy atom. The Bertz CT molecular complexity index is 1020. The SMILES string of the molecule is N#CC(=Cc1c[nH]c2ccccc12)C(=O)N1CCc2ccccc2C1. The first-order chi connectivity index (χ1) is 12.3. The zero-order valence-electron chi connectivity index (χ0n) is 13.7. The molecule has 1 aromatic heterocycles. The highest BCUT2D eigenvalue weighted by molar-refractivity contribution is 6.04. The molecule has 25 heavy (non-hydrogen) atoms. The first-order valence-electron chi connectivity index (χ1n) is 8.30. The van der Waals surface area contributed by atoms with Gasteiger partial charge in [-0.25, -0.2) is 0 Å². The lowest BCUT2D eigenvalue weighted by molar-refractivity contribution is -0.127. The van der Waals surface area contributed by atoms with E-state index in [1.807, 2.05) is 48.7 Å². The number of benzene rings is 2. The molecule has 0 fully saturated rings. The minimum Gasteiger partial charge on any atom is -0.361 e. The Kier molecular flexibility index (Phi) is 3.83. The summed E-state index contributed by atoms with van der Waals surface area (Å²) >= 11 is 0. The molecular formula is C21H17N3O. The van der Waals surface area contributed by atoms with E-state index >= 15 is 0 Å². The van der Waals surface area contributed by atoms with Gasteiger partial charge in [-0.2, -0.15) is 5.26 Å². The zero-order valence-corrected chi connectivity index (χ0v) is 13.7. The summed E-state index contributed by atoms with van der Waals surface area (Å²) in [5.74, 6) is -0.206. The van der Waals surface area contributed by atoms with Crippen molar-refractivity contribution in [3.63, 3.8) is 0 Å². The number of H-pyrrole nitrogens is 1. The standard InChI is InChI=1S/C21H17N3O/c22-12-17(11-18-13-23-20-8-4-3-7-19(18)20)21(25)24-10-9-15-5-1-2-6-16(15)14-24/h1-8,11,13,23H,9-10,14H2. The number of carbonyl (C=O) groups is 1. The van der Waals surface area contributed by atoms with Crippen molar-refractivity contribution in [2.24, 2.45) is 0 Å². The maximum absolute atomic E-state index is 12.8. The second kappa shape index (κ2) is 6.29. The predicted molar refractivity (Wildman–Crippen MR) is 97.5 cm³/mol. The fourth-order valence-corrected chi connectivity index (χ4v) is 3.35. The van der Waals surface area contributed by atoms with Crippen LogP contribution in [-0.2, 0) is 17.8 Å². The lowest BCUT2D eigenvalue weighted by Gasteiger charge is -2.28. The van der Waals surface area contributed by atoms with Crippen LogP contribution in [0.1, 0.15) is 16.7 Å². The molecule has 4 rings (SSSR count). The van der Waals surface area contributed by atoms with Gasteiger partial charge in [-0.3, -0.25) is 4.79 Å². The first kappa shape index (κ1) is 15.2. The van der Waals surface area contributed by atoms with Crippen LogP contribution in [0.15, 0.2) is 60.3 Å². The molecule has 0 unspecified atom stereocenters. The van der Waals surface area contributed by atoms with Crippen LogP contribution in [0.4, 0.5) is 0 Å². The van der Waals surface area contributed by atoms with Crippen LogP contribution < -0.4 is 0 Å². The molecule has 0 saturated heterocycles. The minimum atomic E-state index is -0.206. The fraction of sp³-hybridized carbons (Fsp3) is 0.143. The van der Waals surface area contributed by atoms with Crippen molar-refractivity contribution in [2.75, 3.05) is 6.54 Å². The van der Waals surface area contributed by atoms with Crippen molar-refractivity contribution in [3.05, 3.63) is 77.0 Å². The number of nitrogens with one attached hydrogen (secondary N) is 1. The number of nitriles is 1. The van der Waals surface area contributed by atoms with Gasteiger partial charge in [0, 0.05) is 35.8 Å². The number of para-hydroxylation sites is 1. The van der Waals surface area contributed by atoms with E-state index in [-0.39, 0.29) is 11.5 Å². The third-order valence-electron chi connectivity index (χ3n) is 4.69. The molecule has 1 aliphatic rings. The van der Waals surface area contributed by atoms with Crippen LogP contribution in [0.3, 0.4) is 0 Å². The average Bonchev–Trinajstić information content (AvgIpc) is 3.08. The molecule has 2 heterocycles. The minimum absolute atomic E-state index is 0.170. The normalized spacial score (nSPS) is 14.2. The summed E-state index contributed by atoms with van der Waals surface area (Å²) in [7, 11) is 0. The molecule has 4 nitrogen and oxygen atoms in total. The van der Waals surface area contributed by atoms with Crippen LogP contribution in [-0.4, -0.2) is 22.3 Å². The smallest absolute Gasteiger partial charge is 0.264 e. The quantitative estimate of drug-likeness (QED) is 0.577. The summed E-state index contributed by atoms with van der Waals surface area (Å²) in [5.41, 5.74) is 4.46. The Hall–Kier alpha value is -3.32. The van der Waals surface area contributed by atoms with Gasteiger partial charge in [0.1, 0.15) is 11.6 Å². The van der Waals surface area contributed by atoms with Gasteiger partial charge in [-0.05, 0) is 29.7 Å². The van der Waals surface area contributed by atoms with Crippen LogP contribution in [0.5, 0.6) is 0 Å². The molecule has 1 aliphatic heterocycles. The van der Waals surface area contributed by atoms with E-state index in [9.17, 15) is 10.1 Å². The Balaban J connectivity index is 1.63. The summed E-state index contributed by atoms with van der Waals surface area (Å²) in [6, 6.07) is 18.1. The molecule has 0 atom stereocenters. The topological polar surface area (TPSA) is 59.9 Å². The number of nitrogens with zero attached hydrogens (tertiary/aromatic N) is 2. The van der Waals surface area contributed by atoms with E-state index in [0.29, 0.717) is 13.1 Å². The van der Waals surface area contributed by atoms with E-state index in [0.717, 1.165) is 28.5 Å². The van der Waals surface area contributed by atoms with E-state index in [2.05, 4.69) is 17.1 Å². The van der Waals surface area contributed by atoms with Gasteiger partial charge in [-0.1, -0.05) is 42.5 Å². The molecule has 0 radical (unpaired) electrons. The molecule has 2 aromatic carbocycles. The molecule has 1 N–H and O–H groups in total. The van der Waals surface area contributed by atoms with Crippen molar-refractivity contribution in [1.29, 1.82) is 5.26 Å². The fourth-order valence-electron chi connectivity index (χ4n) is 3.35. The molecule has 1 amide bonds. The lowest BCUT2D eigenvalue weighted by atomic mass is 9.99. The van der Waals surface area contributed by atoms with E-state index in [4.69, 9.17) is 0 Å². The second-order valence-electron chi connectivity index (χ2n) is 6.20. The highest BCUT2D eigenvalue weighted by Crippen LogP contribution is 2.23. The molecule has 3 aromatic rings. The zero-order chi connectivity index (χ0) is 17.2. The summed E-state index contributed by atoms with van der Waals surface area (Å²) in [5, 5.41) is 10.5. The van der Waals surface area contributed by atoms with Gasteiger partial charge in [0.05, 0.1) is 0 Å². The molecule has 122 valence electrons. The lowest BCUT2D eigenvalue weighted by Crippen LogP contribution is -2.36. The molecule has 4 heteroatoms. The van der Waals surface area contributed by atoms with E-state index in [1.54, 1.807) is 11.0 Å². The van der Waals surface area contributed by atoms with Crippen molar-refractivity contribution in [1.82, 2.24) is 9.88 Å². The number of hydrogen-bond acceptors (Lipinski definition) is 2. The summed E-state index contributed by atoms with van der Waals surface area (Å²) < 4.78 is 0. The number of rotatable bonds is 2. The first-order valence-corrected chi connectivity index (χ1v) is 8.30. The summed E-state index contributed by atoms with van der Waals surface area (Å²) in [4.78, 5) is 17.8. The number of carbonyl (C=O) groups excluding carboxylic acids is 1. The van der Waals surface area contributed by atoms with Gasteiger partial charge < -0.3 is 9.88 Å². The second-order valence-corrected chi connectivity index (χ2v) is 6.20. The van der Waals surface area contributed by atoms with E-state index in [1.165, 1.54) is 5.56 Å². The molecule has 0 bridgehead atoms. The Morgan fingerprint density at radius 2 is 1.88 bits per heavy atom. The Labute approximate surface area is 146 Å². The van der Waals surface area contributed by atoms with Gasteiger partial charge >= 0.3 is 0 Å². The molecule has 0 spiro atoms. The number of aromatic amines is 1. The van der Waals surface area contributed by atoms with Gasteiger partial charge in [0.2, 0.25) is 0 Å². The van der Waals surface area contributed by atoms with Crippen molar-refractivity contribution in [3.8, 4) is 6.07 Å². The molecular weight excluding hydrogens is 310 g/mol. The number of aromatic nitrogens is 1. The van der Waals surface area contributed by atoms with E-state index < -0.39 is 0 Å².